The fraction of sp³-hybridized carbons (Fsp3) is 0.625. The molecule has 0 aromatic heterocycles. The van der Waals surface area contributed by atoms with Crippen LogP contribution in [0.1, 0.15) is 6.92 Å². The van der Waals surface area contributed by atoms with E-state index in [9.17, 15) is 4.79 Å². The Morgan fingerprint density at radius 3 is 3.00 bits per heavy atom. The molecule has 0 heterocycles. The summed E-state index contributed by atoms with van der Waals surface area (Å²) >= 11 is 1.44. The molecule has 0 aliphatic carbocycles. The second-order valence-corrected chi connectivity index (χ2v) is 3.72. The minimum atomic E-state index is -0.0999. The van der Waals surface area contributed by atoms with Gasteiger partial charge in [0.15, 0.2) is 0 Å². The molecule has 12 heavy (non-hydrogen) atoms. The average Bonchev–Trinajstić information content (AvgIpc) is 2.10. The third-order valence-corrected chi connectivity index (χ3v) is 2.38. The highest BCUT2D eigenvalue weighted by molar-refractivity contribution is 8.00. The third-order valence-electron chi connectivity index (χ3n) is 1.25. The van der Waals surface area contributed by atoms with Crippen molar-refractivity contribution < 1.29 is 9.90 Å². The van der Waals surface area contributed by atoms with E-state index in [-0.39, 0.29) is 17.8 Å². The number of hydrogen-bond acceptors (Lipinski definition) is 3. The number of nitrogens with one attached hydrogen (secondary N) is 1. The van der Waals surface area contributed by atoms with Crippen LogP contribution in [0.15, 0.2) is 12.7 Å². The van der Waals surface area contributed by atoms with Crippen molar-refractivity contribution in [3.8, 4) is 0 Å². The van der Waals surface area contributed by atoms with E-state index in [0.717, 1.165) is 0 Å². The molecule has 4 heteroatoms. The SMILES string of the molecule is C=CCNC(=O)C(C)SCCO. The number of thioether (sulfide) groups is 1. The molecule has 3 nitrogen and oxygen atoms in total. The van der Waals surface area contributed by atoms with E-state index in [1.54, 1.807) is 6.08 Å². The maximum Gasteiger partial charge on any atom is 0.233 e. The standard InChI is InChI=1S/C8H15NO2S/c1-3-4-9-8(11)7(2)12-6-5-10/h3,7,10H,1,4-6H2,2H3,(H,9,11). The molecular weight excluding hydrogens is 174 g/mol. The van der Waals surface area contributed by atoms with Crippen LogP contribution in [-0.4, -0.2) is 35.2 Å². The van der Waals surface area contributed by atoms with Gasteiger partial charge in [-0.1, -0.05) is 6.08 Å². The van der Waals surface area contributed by atoms with Crippen LogP contribution in [0.4, 0.5) is 0 Å². The van der Waals surface area contributed by atoms with Crippen LogP contribution < -0.4 is 5.32 Å². The molecule has 1 unspecified atom stereocenters. The normalized spacial score (nSPS) is 12.2. The van der Waals surface area contributed by atoms with Crippen molar-refractivity contribution in [3.05, 3.63) is 12.7 Å². The number of aliphatic hydroxyl groups is 1. The quantitative estimate of drug-likeness (QED) is 0.595. The molecule has 0 spiro atoms. The second-order valence-electron chi connectivity index (χ2n) is 2.27. The highest BCUT2D eigenvalue weighted by atomic mass is 32.2. The number of aliphatic hydroxyl groups excluding tert-OH is 1. The lowest BCUT2D eigenvalue weighted by Crippen LogP contribution is -2.31. The number of carbonyl (C=O) groups is 1. The van der Waals surface area contributed by atoms with E-state index >= 15 is 0 Å². The predicted octanol–water partition coefficient (Wildman–Crippen LogP) is 0.403. The lowest BCUT2D eigenvalue weighted by Gasteiger charge is -2.09. The molecule has 0 saturated carbocycles. The average molecular weight is 189 g/mol. The summed E-state index contributed by atoms with van der Waals surface area (Å²) in [5, 5.41) is 11.1. The Bertz CT molecular complexity index is 150. The van der Waals surface area contributed by atoms with Crippen molar-refractivity contribution in [1.29, 1.82) is 0 Å². The van der Waals surface area contributed by atoms with Crippen molar-refractivity contribution in [2.75, 3.05) is 18.9 Å². The molecule has 0 aliphatic rings. The van der Waals surface area contributed by atoms with E-state index in [1.165, 1.54) is 11.8 Å². The van der Waals surface area contributed by atoms with E-state index < -0.39 is 0 Å². The van der Waals surface area contributed by atoms with Crippen LogP contribution in [0.3, 0.4) is 0 Å². The first-order valence-corrected chi connectivity index (χ1v) is 4.88. The smallest absolute Gasteiger partial charge is 0.233 e. The van der Waals surface area contributed by atoms with Gasteiger partial charge in [0, 0.05) is 12.3 Å². The molecule has 2 N–H and O–H groups in total. The fourth-order valence-corrected chi connectivity index (χ4v) is 1.32. The van der Waals surface area contributed by atoms with Crippen LogP contribution >= 0.6 is 11.8 Å². The first-order chi connectivity index (χ1) is 5.72. The van der Waals surface area contributed by atoms with E-state index in [2.05, 4.69) is 11.9 Å². The highest BCUT2D eigenvalue weighted by Gasteiger charge is 2.10. The Morgan fingerprint density at radius 2 is 2.50 bits per heavy atom. The van der Waals surface area contributed by atoms with Gasteiger partial charge in [0.1, 0.15) is 0 Å². The molecule has 0 aliphatic heterocycles. The summed E-state index contributed by atoms with van der Waals surface area (Å²) in [6.07, 6.45) is 1.64. The summed E-state index contributed by atoms with van der Waals surface area (Å²) in [5.74, 6) is 0.594. The Balaban J connectivity index is 3.53. The first-order valence-electron chi connectivity index (χ1n) is 3.83. The zero-order valence-electron chi connectivity index (χ0n) is 7.25. The summed E-state index contributed by atoms with van der Waals surface area (Å²) < 4.78 is 0. The molecule has 0 rings (SSSR count). The van der Waals surface area contributed by atoms with Gasteiger partial charge in [-0.2, -0.15) is 0 Å². The lowest BCUT2D eigenvalue weighted by atomic mass is 10.4. The number of hydrogen-bond donors (Lipinski definition) is 2. The monoisotopic (exact) mass is 189 g/mol. The first kappa shape index (κ1) is 11.5. The van der Waals surface area contributed by atoms with Gasteiger partial charge < -0.3 is 10.4 Å². The number of rotatable bonds is 6. The summed E-state index contributed by atoms with van der Waals surface area (Å²) in [5.41, 5.74) is 0. The molecule has 0 saturated heterocycles. The van der Waals surface area contributed by atoms with Gasteiger partial charge in [0.2, 0.25) is 5.91 Å². The van der Waals surface area contributed by atoms with Gasteiger partial charge >= 0.3 is 0 Å². The summed E-state index contributed by atoms with van der Waals surface area (Å²) in [6, 6.07) is 0. The third kappa shape index (κ3) is 5.21. The van der Waals surface area contributed by atoms with Crippen molar-refractivity contribution in [2.45, 2.75) is 12.2 Å². The minimum absolute atomic E-state index is 0.00616. The Hall–Kier alpha value is -0.480. The molecule has 1 atom stereocenters. The van der Waals surface area contributed by atoms with Gasteiger partial charge in [0.25, 0.3) is 0 Å². The van der Waals surface area contributed by atoms with Gasteiger partial charge in [-0.25, -0.2) is 0 Å². The van der Waals surface area contributed by atoms with E-state index in [1.807, 2.05) is 6.92 Å². The van der Waals surface area contributed by atoms with Crippen LogP contribution in [0.2, 0.25) is 0 Å². The Kier molecular flexibility index (Phi) is 6.90. The molecule has 0 bridgehead atoms. The van der Waals surface area contributed by atoms with Gasteiger partial charge in [-0.15, -0.1) is 18.3 Å². The van der Waals surface area contributed by atoms with Crippen molar-refractivity contribution in [1.82, 2.24) is 5.32 Å². The lowest BCUT2D eigenvalue weighted by molar-refractivity contribution is -0.120. The Labute approximate surface area is 77.2 Å². The van der Waals surface area contributed by atoms with Gasteiger partial charge in [-0.05, 0) is 6.92 Å². The molecule has 0 aromatic rings. The van der Waals surface area contributed by atoms with Gasteiger partial charge in [-0.3, -0.25) is 4.79 Å². The second kappa shape index (κ2) is 7.18. The zero-order chi connectivity index (χ0) is 9.40. The van der Waals surface area contributed by atoms with Crippen molar-refractivity contribution in [3.63, 3.8) is 0 Å². The van der Waals surface area contributed by atoms with Crippen molar-refractivity contribution >= 4 is 17.7 Å². The van der Waals surface area contributed by atoms with Crippen LogP contribution in [0, 0.1) is 0 Å². The zero-order valence-corrected chi connectivity index (χ0v) is 8.06. The summed E-state index contributed by atoms with van der Waals surface area (Å²) in [7, 11) is 0. The maximum absolute atomic E-state index is 11.1. The predicted molar refractivity (Wildman–Crippen MR) is 52.2 cm³/mol. The molecule has 0 aromatic carbocycles. The number of carbonyl (C=O) groups excluding carboxylic acids is 1. The van der Waals surface area contributed by atoms with Crippen LogP contribution in [-0.2, 0) is 4.79 Å². The Morgan fingerprint density at radius 1 is 1.83 bits per heavy atom. The maximum atomic E-state index is 11.1. The largest absolute Gasteiger partial charge is 0.396 e. The minimum Gasteiger partial charge on any atom is -0.396 e. The summed E-state index contributed by atoms with van der Waals surface area (Å²) in [6.45, 7) is 5.93. The van der Waals surface area contributed by atoms with Crippen LogP contribution in [0.5, 0.6) is 0 Å². The van der Waals surface area contributed by atoms with Crippen LogP contribution in [0.25, 0.3) is 0 Å². The molecule has 70 valence electrons. The molecule has 0 fully saturated rings. The fourth-order valence-electron chi connectivity index (χ4n) is 0.622. The molecule has 1 amide bonds. The highest BCUT2D eigenvalue weighted by Crippen LogP contribution is 2.08. The van der Waals surface area contributed by atoms with Gasteiger partial charge in [0.05, 0.1) is 11.9 Å². The summed E-state index contributed by atoms with van der Waals surface area (Å²) in [4.78, 5) is 11.1. The molecule has 0 radical (unpaired) electrons. The van der Waals surface area contributed by atoms with E-state index in [0.29, 0.717) is 12.3 Å². The number of amides is 1. The topological polar surface area (TPSA) is 49.3 Å². The molecular formula is C8H15NO2S. The van der Waals surface area contributed by atoms with Crippen molar-refractivity contribution in [2.24, 2.45) is 0 Å². The van der Waals surface area contributed by atoms with E-state index in [4.69, 9.17) is 5.11 Å².